The van der Waals surface area contributed by atoms with Crippen molar-refractivity contribution in [3.05, 3.63) is 0 Å². The van der Waals surface area contributed by atoms with E-state index in [0.717, 1.165) is 19.5 Å². The van der Waals surface area contributed by atoms with Crippen LogP contribution >= 0.6 is 0 Å². The third-order valence-electron chi connectivity index (χ3n) is 2.67. The first-order chi connectivity index (χ1) is 7.15. The van der Waals surface area contributed by atoms with Gasteiger partial charge in [0.2, 0.25) is 5.91 Å². The Morgan fingerprint density at radius 2 is 2.33 bits per heavy atom. The molecule has 1 amide bonds. The first kappa shape index (κ1) is 12.5. The first-order valence-corrected chi connectivity index (χ1v) is 5.78. The van der Waals surface area contributed by atoms with Crippen molar-refractivity contribution in [2.24, 2.45) is 0 Å². The van der Waals surface area contributed by atoms with Gasteiger partial charge in [-0.05, 0) is 20.3 Å². The number of nitrogens with zero attached hydrogens (tertiary/aromatic N) is 1. The number of carbonyl (C=O) groups is 1. The molecule has 0 aromatic carbocycles. The molecule has 4 heteroatoms. The number of morpholine rings is 1. The van der Waals surface area contributed by atoms with E-state index in [4.69, 9.17) is 4.74 Å². The van der Waals surface area contributed by atoms with Crippen LogP contribution in [0.3, 0.4) is 0 Å². The zero-order valence-electron chi connectivity index (χ0n) is 9.95. The maximum Gasteiger partial charge on any atom is 0.250 e. The molecule has 88 valence electrons. The molecule has 0 saturated carbocycles. The molecule has 1 heterocycles. The summed E-state index contributed by atoms with van der Waals surface area (Å²) in [6.07, 6.45) is 0.680. The van der Waals surface area contributed by atoms with Crippen molar-refractivity contribution >= 4 is 5.91 Å². The van der Waals surface area contributed by atoms with Gasteiger partial charge >= 0.3 is 0 Å². The van der Waals surface area contributed by atoms with E-state index in [1.54, 1.807) is 0 Å². The normalized spacial score (nSPS) is 23.1. The quantitative estimate of drug-likeness (QED) is 0.746. The molecule has 0 aromatic rings. The Morgan fingerprint density at radius 1 is 1.60 bits per heavy atom. The van der Waals surface area contributed by atoms with Gasteiger partial charge in [-0.25, -0.2) is 0 Å². The van der Waals surface area contributed by atoms with E-state index in [1.807, 2.05) is 6.92 Å². The summed E-state index contributed by atoms with van der Waals surface area (Å²) in [4.78, 5) is 13.9. The van der Waals surface area contributed by atoms with E-state index in [2.05, 4.69) is 24.1 Å². The highest BCUT2D eigenvalue weighted by Crippen LogP contribution is 2.08. The predicted molar refractivity (Wildman–Crippen MR) is 59.7 cm³/mol. The highest BCUT2D eigenvalue weighted by Gasteiger charge is 2.27. The van der Waals surface area contributed by atoms with Crippen molar-refractivity contribution in [2.45, 2.75) is 39.3 Å². The maximum absolute atomic E-state index is 11.7. The summed E-state index contributed by atoms with van der Waals surface area (Å²) >= 11 is 0. The maximum atomic E-state index is 11.7. The van der Waals surface area contributed by atoms with E-state index >= 15 is 0 Å². The van der Waals surface area contributed by atoms with Gasteiger partial charge in [0.1, 0.15) is 6.10 Å². The second-order valence-corrected chi connectivity index (χ2v) is 4.24. The van der Waals surface area contributed by atoms with Crippen LogP contribution in [0, 0.1) is 0 Å². The summed E-state index contributed by atoms with van der Waals surface area (Å²) in [5.74, 6) is 0.0298. The number of hydrogen-bond acceptors (Lipinski definition) is 3. The molecule has 0 bridgehead atoms. The summed E-state index contributed by atoms with van der Waals surface area (Å²) in [5.41, 5.74) is 0. The van der Waals surface area contributed by atoms with Gasteiger partial charge in [0.05, 0.1) is 6.61 Å². The van der Waals surface area contributed by atoms with Gasteiger partial charge in [-0.3, -0.25) is 9.69 Å². The molecule has 1 aliphatic rings. The molecule has 15 heavy (non-hydrogen) atoms. The number of rotatable bonds is 4. The second-order valence-electron chi connectivity index (χ2n) is 4.24. The Hall–Kier alpha value is -0.610. The van der Waals surface area contributed by atoms with Crippen molar-refractivity contribution in [1.29, 1.82) is 0 Å². The minimum Gasteiger partial charge on any atom is -0.366 e. The molecule has 0 aliphatic carbocycles. The molecule has 0 aromatic heterocycles. The van der Waals surface area contributed by atoms with Crippen LogP contribution in [-0.2, 0) is 9.53 Å². The monoisotopic (exact) mass is 214 g/mol. The SMILES string of the molecule is CCCNC(=O)C1CN(C(C)C)CCO1. The van der Waals surface area contributed by atoms with Crippen molar-refractivity contribution in [1.82, 2.24) is 10.2 Å². The van der Waals surface area contributed by atoms with Crippen LogP contribution in [0.5, 0.6) is 0 Å². The van der Waals surface area contributed by atoms with E-state index in [1.165, 1.54) is 0 Å². The molecular formula is C11H22N2O2. The second kappa shape index (κ2) is 6.08. The fourth-order valence-electron chi connectivity index (χ4n) is 1.66. The predicted octanol–water partition coefficient (Wildman–Crippen LogP) is 0.622. The van der Waals surface area contributed by atoms with E-state index in [0.29, 0.717) is 19.2 Å². The van der Waals surface area contributed by atoms with Gasteiger partial charge < -0.3 is 10.1 Å². The van der Waals surface area contributed by atoms with Crippen LogP contribution in [-0.4, -0.2) is 49.2 Å². The number of hydrogen-bond donors (Lipinski definition) is 1. The van der Waals surface area contributed by atoms with E-state index in [-0.39, 0.29) is 12.0 Å². The standard InChI is InChI=1S/C11H22N2O2/c1-4-5-12-11(14)10-8-13(9(2)3)6-7-15-10/h9-10H,4-8H2,1-3H3,(H,12,14). The molecule has 0 radical (unpaired) electrons. The molecule has 1 fully saturated rings. The number of carbonyl (C=O) groups excluding carboxylic acids is 1. The van der Waals surface area contributed by atoms with Gasteiger partial charge in [-0.1, -0.05) is 6.92 Å². The summed E-state index contributed by atoms with van der Waals surface area (Å²) in [6, 6.07) is 0.482. The average Bonchev–Trinajstić information content (AvgIpc) is 2.26. The molecule has 1 rings (SSSR count). The van der Waals surface area contributed by atoms with Crippen LogP contribution < -0.4 is 5.32 Å². The van der Waals surface area contributed by atoms with Crippen LogP contribution in [0.25, 0.3) is 0 Å². The van der Waals surface area contributed by atoms with E-state index < -0.39 is 0 Å². The molecule has 0 spiro atoms. The molecule has 1 saturated heterocycles. The van der Waals surface area contributed by atoms with Crippen molar-refractivity contribution in [3.8, 4) is 0 Å². The third-order valence-corrected chi connectivity index (χ3v) is 2.67. The highest BCUT2D eigenvalue weighted by atomic mass is 16.5. The van der Waals surface area contributed by atoms with Crippen LogP contribution in [0.4, 0.5) is 0 Å². The topological polar surface area (TPSA) is 41.6 Å². The molecule has 1 aliphatic heterocycles. The highest BCUT2D eigenvalue weighted by molar-refractivity contribution is 5.81. The lowest BCUT2D eigenvalue weighted by molar-refractivity contribution is -0.139. The van der Waals surface area contributed by atoms with Gasteiger partial charge in [-0.2, -0.15) is 0 Å². The Balaban J connectivity index is 2.38. The lowest BCUT2D eigenvalue weighted by atomic mass is 10.2. The first-order valence-electron chi connectivity index (χ1n) is 5.78. The van der Waals surface area contributed by atoms with Gasteiger partial charge in [0.15, 0.2) is 0 Å². The largest absolute Gasteiger partial charge is 0.366 e. The van der Waals surface area contributed by atoms with Crippen molar-refractivity contribution < 1.29 is 9.53 Å². The molecule has 4 nitrogen and oxygen atoms in total. The zero-order chi connectivity index (χ0) is 11.3. The lowest BCUT2D eigenvalue weighted by Gasteiger charge is -2.34. The van der Waals surface area contributed by atoms with E-state index in [9.17, 15) is 4.79 Å². The molecular weight excluding hydrogens is 192 g/mol. The van der Waals surface area contributed by atoms with Crippen molar-refractivity contribution in [3.63, 3.8) is 0 Å². The summed E-state index contributed by atoms with van der Waals surface area (Å²) in [6.45, 7) is 9.37. The third kappa shape index (κ3) is 3.80. The Morgan fingerprint density at radius 3 is 2.93 bits per heavy atom. The number of ether oxygens (including phenoxy) is 1. The Bertz CT molecular complexity index is 207. The molecule has 1 atom stereocenters. The average molecular weight is 214 g/mol. The lowest BCUT2D eigenvalue weighted by Crippen LogP contribution is -2.51. The molecule has 1 unspecified atom stereocenters. The van der Waals surface area contributed by atoms with Crippen molar-refractivity contribution in [2.75, 3.05) is 26.2 Å². The Kier molecular flexibility index (Phi) is 5.05. The van der Waals surface area contributed by atoms with Crippen LogP contribution in [0.15, 0.2) is 0 Å². The smallest absolute Gasteiger partial charge is 0.250 e. The zero-order valence-corrected chi connectivity index (χ0v) is 9.95. The fraction of sp³-hybridized carbons (Fsp3) is 0.909. The van der Waals surface area contributed by atoms with Gasteiger partial charge in [0, 0.05) is 25.7 Å². The summed E-state index contributed by atoms with van der Waals surface area (Å²) in [7, 11) is 0. The van der Waals surface area contributed by atoms with Gasteiger partial charge in [0.25, 0.3) is 0 Å². The summed E-state index contributed by atoms with van der Waals surface area (Å²) in [5, 5.41) is 2.87. The number of nitrogens with one attached hydrogen (secondary N) is 1. The summed E-state index contributed by atoms with van der Waals surface area (Å²) < 4.78 is 5.46. The number of amides is 1. The van der Waals surface area contributed by atoms with Crippen LogP contribution in [0.1, 0.15) is 27.2 Å². The minimum absolute atomic E-state index is 0.0298. The van der Waals surface area contributed by atoms with Gasteiger partial charge in [-0.15, -0.1) is 0 Å². The fourth-order valence-corrected chi connectivity index (χ4v) is 1.66. The Labute approximate surface area is 92.0 Å². The van der Waals surface area contributed by atoms with Crippen LogP contribution in [0.2, 0.25) is 0 Å². The molecule has 1 N–H and O–H groups in total. The minimum atomic E-state index is -0.285.